The number of rotatable bonds is 8. The summed E-state index contributed by atoms with van der Waals surface area (Å²) >= 11 is 0. The van der Waals surface area contributed by atoms with Gasteiger partial charge in [0.15, 0.2) is 0 Å². The van der Waals surface area contributed by atoms with E-state index in [1.807, 2.05) is 32.9 Å². The average molecular weight is 472 g/mol. The third-order valence-electron chi connectivity index (χ3n) is 8.43. The molecular formula is C27H41BO6. The lowest BCUT2D eigenvalue weighted by Crippen LogP contribution is -2.65. The van der Waals surface area contributed by atoms with E-state index >= 15 is 0 Å². The van der Waals surface area contributed by atoms with E-state index in [-0.39, 0.29) is 28.7 Å². The molecule has 6 nitrogen and oxygen atoms in total. The fourth-order valence-corrected chi connectivity index (χ4v) is 6.34. The van der Waals surface area contributed by atoms with Crippen LogP contribution in [0.1, 0.15) is 83.1 Å². The second-order valence-electron chi connectivity index (χ2n) is 10.4. The van der Waals surface area contributed by atoms with E-state index in [4.69, 9.17) is 18.8 Å². The first kappa shape index (κ1) is 26.7. The highest BCUT2D eigenvalue weighted by atomic mass is 16.7. The molecule has 0 spiro atoms. The van der Waals surface area contributed by atoms with Gasteiger partial charge in [-0.1, -0.05) is 46.8 Å². The summed E-state index contributed by atoms with van der Waals surface area (Å²) in [5.41, 5.74) is 1.16. The van der Waals surface area contributed by atoms with Crippen LogP contribution in [-0.4, -0.2) is 44.8 Å². The summed E-state index contributed by atoms with van der Waals surface area (Å²) in [7, 11) is 2.44. The predicted octanol–water partition coefficient (Wildman–Crippen LogP) is 5.52. The molecule has 0 N–H and O–H groups in total. The van der Waals surface area contributed by atoms with Gasteiger partial charge >= 0.3 is 13.1 Å². The molecule has 7 heteroatoms. The van der Waals surface area contributed by atoms with Crippen LogP contribution in [0.5, 0.6) is 5.75 Å². The SMILES string of the molecule is CC.CCC(=O)C[C@@H](Cc1cccc(C(=O)OC)c1OC)B1O[C@@H]2C[C@@H]3C[C@@H](C3(C)C)[C@]2(C)O1. The quantitative estimate of drug-likeness (QED) is 0.367. The van der Waals surface area contributed by atoms with Crippen LogP contribution in [0.25, 0.3) is 0 Å². The molecule has 0 unspecified atom stereocenters. The molecule has 1 heterocycles. The molecule has 2 bridgehead atoms. The summed E-state index contributed by atoms with van der Waals surface area (Å²) in [6, 6.07) is 5.43. The van der Waals surface area contributed by atoms with E-state index < -0.39 is 13.1 Å². The Hall–Kier alpha value is -1.86. The largest absolute Gasteiger partial charge is 0.496 e. The van der Waals surface area contributed by atoms with Gasteiger partial charge in [0.2, 0.25) is 0 Å². The van der Waals surface area contributed by atoms with Crippen LogP contribution in [-0.2, 0) is 25.3 Å². The van der Waals surface area contributed by atoms with Crippen LogP contribution in [0, 0.1) is 17.3 Å². The predicted molar refractivity (Wildman–Crippen MR) is 133 cm³/mol. The Kier molecular flexibility index (Phi) is 8.19. The minimum absolute atomic E-state index is 0.0619. The van der Waals surface area contributed by atoms with Crippen molar-refractivity contribution in [2.75, 3.05) is 14.2 Å². The van der Waals surface area contributed by atoms with E-state index in [2.05, 4.69) is 20.8 Å². The summed E-state index contributed by atoms with van der Waals surface area (Å²) in [5.74, 6) is 1.18. The second-order valence-corrected chi connectivity index (χ2v) is 10.4. The topological polar surface area (TPSA) is 71.1 Å². The van der Waals surface area contributed by atoms with Gasteiger partial charge in [0, 0.05) is 18.7 Å². The third kappa shape index (κ3) is 4.53. The fourth-order valence-electron chi connectivity index (χ4n) is 6.34. The summed E-state index contributed by atoms with van der Waals surface area (Å²) in [6.07, 6.45) is 3.61. The van der Waals surface area contributed by atoms with Crippen LogP contribution in [0.3, 0.4) is 0 Å². The molecule has 5 rings (SSSR count). The molecule has 0 amide bonds. The lowest BCUT2D eigenvalue weighted by atomic mass is 9.43. The molecule has 5 atom stereocenters. The normalized spacial score (nSPS) is 29.2. The third-order valence-corrected chi connectivity index (χ3v) is 8.43. The number of para-hydroxylation sites is 1. The molecule has 1 saturated heterocycles. The van der Waals surface area contributed by atoms with E-state index in [0.29, 0.717) is 42.4 Å². The minimum Gasteiger partial charge on any atom is -0.496 e. The Morgan fingerprint density at radius 2 is 1.88 bits per heavy atom. The zero-order valence-corrected chi connectivity index (χ0v) is 22.1. The van der Waals surface area contributed by atoms with Crippen molar-refractivity contribution in [1.29, 1.82) is 0 Å². The van der Waals surface area contributed by atoms with Gasteiger partial charge in [0.05, 0.1) is 25.9 Å². The number of methoxy groups -OCH3 is 2. The van der Waals surface area contributed by atoms with Gasteiger partial charge in [-0.2, -0.15) is 0 Å². The number of hydrogen-bond donors (Lipinski definition) is 0. The maximum atomic E-state index is 12.5. The number of esters is 1. The Bertz CT molecular complexity index is 899. The van der Waals surface area contributed by atoms with E-state index in [0.717, 1.165) is 12.0 Å². The molecule has 0 aromatic heterocycles. The van der Waals surface area contributed by atoms with Crippen LogP contribution in [0.4, 0.5) is 0 Å². The summed E-state index contributed by atoms with van der Waals surface area (Å²) in [6.45, 7) is 12.7. The van der Waals surface area contributed by atoms with Gasteiger partial charge < -0.3 is 18.8 Å². The average Bonchev–Trinajstić information content (AvgIpc) is 3.21. The molecule has 3 aliphatic carbocycles. The highest BCUT2D eigenvalue weighted by molar-refractivity contribution is 6.48. The van der Waals surface area contributed by atoms with Crippen molar-refractivity contribution in [3.8, 4) is 5.75 Å². The van der Waals surface area contributed by atoms with Crippen LogP contribution in [0.15, 0.2) is 18.2 Å². The van der Waals surface area contributed by atoms with Crippen molar-refractivity contribution in [2.45, 2.75) is 91.2 Å². The van der Waals surface area contributed by atoms with Gasteiger partial charge in [-0.3, -0.25) is 4.79 Å². The first-order chi connectivity index (χ1) is 16.1. The van der Waals surface area contributed by atoms with Crippen molar-refractivity contribution in [2.24, 2.45) is 17.3 Å². The standard InChI is InChI=1S/C25H35BO6.C2H6/c1-7-18(27)14-17(11-15-9-8-10-19(22(15)29-5)23(28)30-6)26-31-21-13-16-12-20(24(16,2)3)25(21,4)32-26;1-2/h8-10,16-17,20-21H,7,11-14H2,1-6H3;1-2H3/t16-,17+,20-,21+,25-;/m0./s1. The summed E-state index contributed by atoms with van der Waals surface area (Å²) in [5, 5.41) is 0. The van der Waals surface area contributed by atoms with Gasteiger partial charge in [-0.15, -0.1) is 0 Å². The van der Waals surface area contributed by atoms with Crippen LogP contribution >= 0.6 is 0 Å². The van der Waals surface area contributed by atoms with Crippen molar-refractivity contribution in [1.82, 2.24) is 0 Å². The lowest BCUT2D eigenvalue weighted by molar-refractivity contribution is -0.199. The Morgan fingerprint density at radius 1 is 1.18 bits per heavy atom. The molecule has 1 aromatic rings. The molecule has 188 valence electrons. The van der Waals surface area contributed by atoms with Crippen molar-refractivity contribution in [3.63, 3.8) is 0 Å². The van der Waals surface area contributed by atoms with E-state index in [1.54, 1.807) is 13.2 Å². The molecular weight excluding hydrogens is 431 g/mol. The molecule has 4 aliphatic rings. The fraction of sp³-hybridized carbons (Fsp3) is 0.704. The highest BCUT2D eigenvalue weighted by Gasteiger charge is 2.68. The number of benzene rings is 1. The molecule has 1 aromatic carbocycles. The molecule has 34 heavy (non-hydrogen) atoms. The monoisotopic (exact) mass is 472 g/mol. The Morgan fingerprint density at radius 3 is 2.47 bits per heavy atom. The first-order valence-corrected chi connectivity index (χ1v) is 12.7. The summed E-state index contributed by atoms with van der Waals surface area (Å²) < 4.78 is 23.7. The van der Waals surface area contributed by atoms with Gasteiger partial charge in [-0.25, -0.2) is 4.79 Å². The number of Topliss-reactive ketones (excluding diaryl/α,β-unsaturated/α-hetero) is 1. The number of carbonyl (C=O) groups excluding carboxylic acids is 2. The van der Waals surface area contributed by atoms with Crippen molar-refractivity contribution in [3.05, 3.63) is 29.3 Å². The lowest BCUT2D eigenvalue weighted by Gasteiger charge is -2.64. The molecule has 4 fully saturated rings. The van der Waals surface area contributed by atoms with Crippen LogP contribution < -0.4 is 4.74 Å². The van der Waals surface area contributed by atoms with E-state index in [1.165, 1.54) is 13.5 Å². The Labute approximate surface area is 205 Å². The van der Waals surface area contributed by atoms with Crippen molar-refractivity contribution < 1.29 is 28.4 Å². The molecule has 1 aliphatic heterocycles. The summed E-state index contributed by atoms with van der Waals surface area (Å²) in [4.78, 5) is 24.7. The maximum absolute atomic E-state index is 12.5. The Balaban J connectivity index is 0.00000158. The maximum Gasteiger partial charge on any atom is 0.461 e. The second kappa shape index (κ2) is 10.4. The zero-order chi connectivity index (χ0) is 25.3. The first-order valence-electron chi connectivity index (χ1n) is 12.7. The van der Waals surface area contributed by atoms with Crippen LogP contribution in [0.2, 0.25) is 5.82 Å². The van der Waals surface area contributed by atoms with Gasteiger partial charge in [0.1, 0.15) is 17.1 Å². The van der Waals surface area contributed by atoms with Gasteiger partial charge in [-0.05, 0) is 55.1 Å². The number of hydrogen-bond acceptors (Lipinski definition) is 6. The molecule has 0 radical (unpaired) electrons. The number of ketones is 1. The minimum atomic E-state index is -0.456. The number of carbonyl (C=O) groups is 2. The molecule has 3 saturated carbocycles. The number of ether oxygens (including phenoxy) is 2. The zero-order valence-electron chi connectivity index (χ0n) is 22.1. The van der Waals surface area contributed by atoms with Crippen molar-refractivity contribution >= 4 is 18.9 Å². The smallest absolute Gasteiger partial charge is 0.461 e. The van der Waals surface area contributed by atoms with Gasteiger partial charge in [0.25, 0.3) is 0 Å². The van der Waals surface area contributed by atoms with E-state index in [9.17, 15) is 9.59 Å². The highest BCUT2D eigenvalue weighted by Crippen LogP contribution is 2.66.